The van der Waals surface area contributed by atoms with Gasteiger partial charge in [-0.25, -0.2) is 4.98 Å². The Hall–Kier alpha value is -0.940. The minimum absolute atomic E-state index is 0.233. The maximum absolute atomic E-state index is 12.5. The fraction of sp³-hybridized carbons (Fsp3) is 0.750. The van der Waals surface area contributed by atoms with Gasteiger partial charge in [0.15, 0.2) is 0 Å². The molecule has 1 aromatic heterocycles. The van der Waals surface area contributed by atoms with Crippen LogP contribution in [0, 0.1) is 12.8 Å². The van der Waals surface area contributed by atoms with E-state index in [0.717, 1.165) is 44.5 Å². The Balaban J connectivity index is 1.59. The van der Waals surface area contributed by atoms with Crippen LogP contribution < -0.4 is 5.73 Å². The summed E-state index contributed by atoms with van der Waals surface area (Å²) in [5.41, 5.74) is 7.19. The van der Waals surface area contributed by atoms with E-state index in [1.807, 2.05) is 6.92 Å². The predicted molar refractivity (Wildman–Crippen MR) is 85.3 cm³/mol. The molecule has 5 heteroatoms. The van der Waals surface area contributed by atoms with E-state index >= 15 is 0 Å². The Morgan fingerprint density at radius 2 is 2.29 bits per heavy atom. The molecule has 1 unspecified atom stereocenters. The highest BCUT2D eigenvalue weighted by molar-refractivity contribution is 7.09. The molecule has 0 aromatic carbocycles. The van der Waals surface area contributed by atoms with Crippen LogP contribution in [0.1, 0.15) is 55.1 Å². The largest absolute Gasteiger partial charge is 0.342 e. The number of piperidine rings is 1. The molecule has 3 rings (SSSR count). The molecule has 4 nitrogen and oxygen atoms in total. The summed E-state index contributed by atoms with van der Waals surface area (Å²) in [5, 5.41) is 3.30. The van der Waals surface area contributed by atoms with Crippen LogP contribution in [-0.4, -0.2) is 34.9 Å². The van der Waals surface area contributed by atoms with Crippen LogP contribution in [0.5, 0.6) is 0 Å². The maximum Gasteiger partial charge on any atom is 0.222 e. The van der Waals surface area contributed by atoms with Crippen molar-refractivity contribution >= 4 is 17.2 Å². The van der Waals surface area contributed by atoms with Crippen molar-refractivity contribution in [2.24, 2.45) is 11.7 Å². The molecule has 2 aliphatic rings. The standard InChI is InChI=1S/C16H25N3OS/c1-11-10-21-16(18-11)13-5-3-7-19(9-13)15(20)8-12-4-2-6-14(12)17/h10,12-14H,2-9,17H2,1H3/t12-,13?,14+/m0/s1. The lowest BCUT2D eigenvalue weighted by Crippen LogP contribution is -2.41. The second-order valence-electron chi connectivity index (χ2n) is 6.56. The zero-order valence-corrected chi connectivity index (χ0v) is 13.6. The molecule has 0 radical (unpaired) electrons. The smallest absolute Gasteiger partial charge is 0.222 e. The Kier molecular flexibility index (Phi) is 4.60. The number of aryl methyl sites for hydroxylation is 1. The summed E-state index contributed by atoms with van der Waals surface area (Å²) in [7, 11) is 0. The molecule has 1 saturated carbocycles. The molecule has 2 N–H and O–H groups in total. The number of amides is 1. The summed E-state index contributed by atoms with van der Waals surface area (Å²) in [6, 6.07) is 0.233. The molecule has 116 valence electrons. The molecular weight excluding hydrogens is 282 g/mol. The van der Waals surface area contributed by atoms with E-state index in [1.165, 1.54) is 11.4 Å². The lowest BCUT2D eigenvalue weighted by atomic mass is 9.95. The lowest BCUT2D eigenvalue weighted by molar-refractivity contribution is -0.133. The van der Waals surface area contributed by atoms with Gasteiger partial charge >= 0.3 is 0 Å². The number of hydrogen-bond donors (Lipinski definition) is 1. The first-order valence-corrected chi connectivity index (χ1v) is 8.97. The number of rotatable bonds is 3. The quantitative estimate of drug-likeness (QED) is 0.934. The minimum atomic E-state index is 0.233. The van der Waals surface area contributed by atoms with E-state index < -0.39 is 0 Å². The number of nitrogens with zero attached hydrogens (tertiary/aromatic N) is 2. The van der Waals surface area contributed by atoms with Crippen LogP contribution in [0.15, 0.2) is 5.38 Å². The first-order chi connectivity index (χ1) is 10.1. The third-order valence-electron chi connectivity index (χ3n) is 4.91. The zero-order valence-electron chi connectivity index (χ0n) is 12.8. The van der Waals surface area contributed by atoms with Gasteiger partial charge in [-0.05, 0) is 38.5 Å². The monoisotopic (exact) mass is 307 g/mol. The molecule has 1 saturated heterocycles. The summed E-state index contributed by atoms with van der Waals surface area (Å²) in [6.45, 7) is 3.78. The van der Waals surface area contributed by atoms with E-state index in [2.05, 4.69) is 15.3 Å². The Morgan fingerprint density at radius 1 is 1.43 bits per heavy atom. The van der Waals surface area contributed by atoms with Crippen LogP contribution in [0.4, 0.5) is 0 Å². The second kappa shape index (κ2) is 6.44. The number of carbonyl (C=O) groups is 1. The number of hydrogen-bond acceptors (Lipinski definition) is 4. The fourth-order valence-electron chi connectivity index (χ4n) is 3.64. The van der Waals surface area contributed by atoms with Gasteiger partial charge in [0.25, 0.3) is 0 Å². The Morgan fingerprint density at radius 3 is 2.95 bits per heavy atom. The number of carbonyl (C=O) groups excluding carboxylic acids is 1. The van der Waals surface area contributed by atoms with Crippen molar-refractivity contribution in [1.82, 2.24) is 9.88 Å². The minimum Gasteiger partial charge on any atom is -0.342 e. The van der Waals surface area contributed by atoms with Crippen LogP contribution in [0.25, 0.3) is 0 Å². The van der Waals surface area contributed by atoms with Crippen molar-refractivity contribution in [1.29, 1.82) is 0 Å². The summed E-state index contributed by atoms with van der Waals surface area (Å²) < 4.78 is 0. The summed E-state index contributed by atoms with van der Waals surface area (Å²) in [6.07, 6.45) is 6.27. The molecule has 1 amide bonds. The van der Waals surface area contributed by atoms with Gasteiger partial charge in [-0.3, -0.25) is 4.79 Å². The Bertz CT molecular complexity index is 501. The molecule has 1 aliphatic heterocycles. The molecular formula is C16H25N3OS. The predicted octanol–water partition coefficient (Wildman–Crippen LogP) is 2.68. The van der Waals surface area contributed by atoms with E-state index in [1.54, 1.807) is 11.3 Å². The zero-order chi connectivity index (χ0) is 14.8. The number of thiazole rings is 1. The Labute approximate surface area is 130 Å². The summed E-state index contributed by atoms with van der Waals surface area (Å²) in [5.74, 6) is 1.13. The van der Waals surface area contributed by atoms with Crippen LogP contribution in [0.2, 0.25) is 0 Å². The summed E-state index contributed by atoms with van der Waals surface area (Å²) in [4.78, 5) is 19.2. The summed E-state index contributed by atoms with van der Waals surface area (Å²) >= 11 is 1.73. The molecule has 2 fully saturated rings. The van der Waals surface area contributed by atoms with Crippen molar-refractivity contribution in [2.45, 2.75) is 57.4 Å². The van der Waals surface area contributed by atoms with Gasteiger partial charge in [0, 0.05) is 42.5 Å². The molecule has 3 atom stereocenters. The van der Waals surface area contributed by atoms with Crippen molar-refractivity contribution in [3.05, 3.63) is 16.1 Å². The highest BCUT2D eigenvalue weighted by Gasteiger charge is 2.31. The average Bonchev–Trinajstić information content (AvgIpc) is 3.08. The first kappa shape index (κ1) is 15.0. The van der Waals surface area contributed by atoms with Crippen molar-refractivity contribution < 1.29 is 4.79 Å². The van der Waals surface area contributed by atoms with Crippen LogP contribution in [-0.2, 0) is 4.79 Å². The van der Waals surface area contributed by atoms with Gasteiger partial charge in [0.1, 0.15) is 0 Å². The van der Waals surface area contributed by atoms with E-state index in [4.69, 9.17) is 5.73 Å². The number of likely N-dealkylation sites (tertiary alicyclic amines) is 1. The molecule has 0 bridgehead atoms. The number of aromatic nitrogens is 1. The highest BCUT2D eigenvalue weighted by Crippen LogP contribution is 2.31. The van der Waals surface area contributed by atoms with Crippen molar-refractivity contribution in [3.63, 3.8) is 0 Å². The molecule has 0 spiro atoms. The van der Waals surface area contributed by atoms with Crippen molar-refractivity contribution in [3.8, 4) is 0 Å². The maximum atomic E-state index is 12.5. The normalized spacial score (nSPS) is 29.8. The van der Waals surface area contributed by atoms with Crippen molar-refractivity contribution in [2.75, 3.05) is 13.1 Å². The third kappa shape index (κ3) is 3.46. The fourth-order valence-corrected chi connectivity index (χ4v) is 4.56. The van der Waals surface area contributed by atoms with Crippen LogP contribution >= 0.6 is 11.3 Å². The van der Waals surface area contributed by atoms with Gasteiger partial charge in [-0.2, -0.15) is 0 Å². The van der Waals surface area contributed by atoms with E-state index in [9.17, 15) is 4.79 Å². The molecule has 1 aromatic rings. The average molecular weight is 307 g/mol. The van der Waals surface area contributed by atoms with E-state index in [0.29, 0.717) is 24.2 Å². The topological polar surface area (TPSA) is 59.2 Å². The molecule has 21 heavy (non-hydrogen) atoms. The first-order valence-electron chi connectivity index (χ1n) is 8.09. The van der Waals surface area contributed by atoms with E-state index in [-0.39, 0.29) is 6.04 Å². The lowest BCUT2D eigenvalue weighted by Gasteiger charge is -2.33. The van der Waals surface area contributed by atoms with Gasteiger partial charge < -0.3 is 10.6 Å². The van der Waals surface area contributed by atoms with Gasteiger partial charge in [0.05, 0.1) is 5.01 Å². The molecule has 1 aliphatic carbocycles. The molecule has 2 heterocycles. The highest BCUT2D eigenvalue weighted by atomic mass is 32.1. The van der Waals surface area contributed by atoms with Gasteiger partial charge in [-0.1, -0.05) is 6.42 Å². The number of nitrogens with two attached hydrogens (primary N) is 1. The van der Waals surface area contributed by atoms with Gasteiger partial charge in [-0.15, -0.1) is 11.3 Å². The van der Waals surface area contributed by atoms with Gasteiger partial charge in [0.2, 0.25) is 5.91 Å². The second-order valence-corrected chi connectivity index (χ2v) is 7.45. The third-order valence-corrected chi connectivity index (χ3v) is 6.04. The van der Waals surface area contributed by atoms with Crippen LogP contribution in [0.3, 0.4) is 0 Å². The SMILES string of the molecule is Cc1csc(C2CCCN(C(=O)C[C@@H]3CCC[C@H]3N)C2)n1.